The number of nitrogens with two attached hydrogens (primary N) is 1. The van der Waals surface area contributed by atoms with Crippen molar-refractivity contribution < 1.29 is 13.9 Å². The van der Waals surface area contributed by atoms with Crippen molar-refractivity contribution in [2.75, 3.05) is 13.2 Å². The average Bonchev–Trinajstić information content (AvgIpc) is 2.76. The van der Waals surface area contributed by atoms with E-state index < -0.39 is 0 Å². The van der Waals surface area contributed by atoms with Crippen LogP contribution in [0.3, 0.4) is 0 Å². The van der Waals surface area contributed by atoms with Crippen molar-refractivity contribution in [2.24, 2.45) is 5.73 Å². The van der Waals surface area contributed by atoms with Crippen molar-refractivity contribution in [2.45, 2.75) is 32.9 Å². The maximum Gasteiger partial charge on any atom is 0.254 e. The molecule has 0 saturated carbocycles. The van der Waals surface area contributed by atoms with Gasteiger partial charge in [0.2, 0.25) is 0 Å². The van der Waals surface area contributed by atoms with Crippen LogP contribution in [0.15, 0.2) is 16.7 Å². The van der Waals surface area contributed by atoms with Crippen molar-refractivity contribution in [1.29, 1.82) is 0 Å². The second-order valence-electron chi connectivity index (χ2n) is 4.03. The second-order valence-corrected chi connectivity index (χ2v) is 4.03. The SMILES string of the molecule is CC(C)OCCCNC(=O)c1coc(CN)c1. The van der Waals surface area contributed by atoms with E-state index in [2.05, 4.69) is 5.32 Å². The van der Waals surface area contributed by atoms with Gasteiger partial charge in [-0.1, -0.05) is 0 Å². The lowest BCUT2D eigenvalue weighted by Gasteiger charge is -2.07. The Morgan fingerprint density at radius 2 is 2.35 bits per heavy atom. The summed E-state index contributed by atoms with van der Waals surface area (Å²) >= 11 is 0. The van der Waals surface area contributed by atoms with Gasteiger partial charge in [0.05, 0.1) is 18.2 Å². The molecule has 1 aromatic rings. The van der Waals surface area contributed by atoms with Crippen LogP contribution in [0.25, 0.3) is 0 Å². The van der Waals surface area contributed by atoms with Crippen LogP contribution >= 0.6 is 0 Å². The van der Waals surface area contributed by atoms with Gasteiger partial charge in [-0.15, -0.1) is 0 Å². The number of amides is 1. The molecule has 0 aromatic carbocycles. The van der Waals surface area contributed by atoms with E-state index in [9.17, 15) is 4.79 Å². The average molecular weight is 240 g/mol. The molecule has 0 saturated heterocycles. The van der Waals surface area contributed by atoms with Gasteiger partial charge in [0, 0.05) is 13.2 Å². The highest BCUT2D eigenvalue weighted by molar-refractivity contribution is 5.93. The van der Waals surface area contributed by atoms with Gasteiger partial charge in [0.1, 0.15) is 12.0 Å². The van der Waals surface area contributed by atoms with Gasteiger partial charge in [-0.05, 0) is 26.3 Å². The molecule has 0 aliphatic heterocycles. The van der Waals surface area contributed by atoms with Gasteiger partial charge in [0.25, 0.3) is 5.91 Å². The van der Waals surface area contributed by atoms with E-state index in [1.165, 1.54) is 6.26 Å². The van der Waals surface area contributed by atoms with Crippen LogP contribution in [0.4, 0.5) is 0 Å². The molecule has 0 radical (unpaired) electrons. The van der Waals surface area contributed by atoms with Crippen LogP contribution in [-0.2, 0) is 11.3 Å². The number of carbonyl (C=O) groups is 1. The predicted molar refractivity (Wildman–Crippen MR) is 64.6 cm³/mol. The third-order valence-electron chi connectivity index (χ3n) is 2.17. The smallest absolute Gasteiger partial charge is 0.254 e. The minimum absolute atomic E-state index is 0.141. The molecule has 17 heavy (non-hydrogen) atoms. The zero-order valence-corrected chi connectivity index (χ0v) is 10.4. The van der Waals surface area contributed by atoms with E-state index >= 15 is 0 Å². The maximum atomic E-state index is 11.6. The number of furan rings is 1. The molecule has 5 nitrogen and oxygen atoms in total. The lowest BCUT2D eigenvalue weighted by Crippen LogP contribution is -2.25. The highest BCUT2D eigenvalue weighted by Gasteiger charge is 2.08. The molecule has 0 bridgehead atoms. The van der Waals surface area contributed by atoms with E-state index in [1.54, 1.807) is 6.07 Å². The fraction of sp³-hybridized carbons (Fsp3) is 0.583. The number of rotatable bonds is 7. The molecule has 96 valence electrons. The molecule has 0 aliphatic rings. The minimum atomic E-state index is -0.141. The molecular weight excluding hydrogens is 220 g/mol. The van der Waals surface area contributed by atoms with Gasteiger partial charge < -0.3 is 20.2 Å². The third-order valence-corrected chi connectivity index (χ3v) is 2.17. The number of nitrogens with one attached hydrogen (secondary N) is 1. The predicted octanol–water partition coefficient (Wildman–Crippen LogP) is 1.28. The van der Waals surface area contributed by atoms with E-state index in [-0.39, 0.29) is 12.0 Å². The number of carbonyl (C=O) groups excluding carboxylic acids is 1. The Hall–Kier alpha value is -1.33. The van der Waals surface area contributed by atoms with Crippen molar-refractivity contribution in [3.63, 3.8) is 0 Å². The molecule has 1 aromatic heterocycles. The first-order chi connectivity index (χ1) is 8.13. The van der Waals surface area contributed by atoms with Crippen molar-refractivity contribution in [1.82, 2.24) is 5.32 Å². The topological polar surface area (TPSA) is 77.5 Å². The number of hydrogen-bond donors (Lipinski definition) is 2. The summed E-state index contributed by atoms with van der Waals surface area (Å²) in [5.41, 5.74) is 5.90. The number of ether oxygens (including phenoxy) is 1. The van der Waals surface area contributed by atoms with Crippen molar-refractivity contribution >= 4 is 5.91 Å². The summed E-state index contributed by atoms with van der Waals surface area (Å²) < 4.78 is 10.4. The summed E-state index contributed by atoms with van der Waals surface area (Å²) in [7, 11) is 0. The Kier molecular flexibility index (Phi) is 5.72. The Balaban J connectivity index is 2.21. The third kappa shape index (κ3) is 5.01. The fourth-order valence-corrected chi connectivity index (χ4v) is 1.30. The van der Waals surface area contributed by atoms with Gasteiger partial charge in [-0.3, -0.25) is 4.79 Å². The summed E-state index contributed by atoms with van der Waals surface area (Å²) in [6.07, 6.45) is 2.44. The zero-order valence-electron chi connectivity index (χ0n) is 10.4. The summed E-state index contributed by atoms with van der Waals surface area (Å²) in [6.45, 7) is 5.51. The van der Waals surface area contributed by atoms with Gasteiger partial charge >= 0.3 is 0 Å². The zero-order chi connectivity index (χ0) is 12.7. The molecule has 0 atom stereocenters. The monoisotopic (exact) mass is 240 g/mol. The Morgan fingerprint density at radius 3 is 2.94 bits per heavy atom. The van der Waals surface area contributed by atoms with E-state index in [4.69, 9.17) is 14.9 Å². The lowest BCUT2D eigenvalue weighted by molar-refractivity contribution is 0.0757. The summed E-state index contributed by atoms with van der Waals surface area (Å²) in [5.74, 6) is 0.469. The van der Waals surface area contributed by atoms with E-state index in [1.807, 2.05) is 13.8 Å². The Labute approximate surface area is 101 Å². The molecule has 1 rings (SSSR count). The van der Waals surface area contributed by atoms with Crippen LogP contribution in [-0.4, -0.2) is 25.2 Å². The number of hydrogen-bond acceptors (Lipinski definition) is 4. The first kappa shape index (κ1) is 13.7. The van der Waals surface area contributed by atoms with Gasteiger partial charge in [-0.25, -0.2) is 0 Å². The highest BCUT2D eigenvalue weighted by atomic mass is 16.5. The summed E-state index contributed by atoms with van der Waals surface area (Å²) in [5, 5.41) is 2.79. The first-order valence-electron chi connectivity index (χ1n) is 5.80. The van der Waals surface area contributed by atoms with Gasteiger partial charge in [-0.2, -0.15) is 0 Å². The highest BCUT2D eigenvalue weighted by Crippen LogP contribution is 2.06. The molecule has 0 fully saturated rings. The molecule has 3 N–H and O–H groups in total. The van der Waals surface area contributed by atoms with E-state index in [0.29, 0.717) is 31.0 Å². The molecule has 0 aliphatic carbocycles. The Bertz CT molecular complexity index is 347. The minimum Gasteiger partial charge on any atom is -0.467 e. The summed E-state index contributed by atoms with van der Waals surface area (Å²) in [6, 6.07) is 1.65. The van der Waals surface area contributed by atoms with Crippen LogP contribution in [0.1, 0.15) is 36.4 Å². The standard InChI is InChI=1S/C12H20N2O3/c1-9(2)16-5-3-4-14-12(15)10-6-11(7-13)17-8-10/h6,8-9H,3-5,7,13H2,1-2H3,(H,14,15). The second kappa shape index (κ2) is 7.09. The maximum absolute atomic E-state index is 11.6. The van der Waals surface area contributed by atoms with Crippen molar-refractivity contribution in [3.05, 3.63) is 23.7 Å². The fourth-order valence-electron chi connectivity index (χ4n) is 1.30. The quantitative estimate of drug-likeness (QED) is 0.704. The van der Waals surface area contributed by atoms with Crippen LogP contribution in [0.2, 0.25) is 0 Å². The van der Waals surface area contributed by atoms with E-state index in [0.717, 1.165) is 6.42 Å². The van der Waals surface area contributed by atoms with Crippen LogP contribution in [0.5, 0.6) is 0 Å². The molecule has 1 heterocycles. The van der Waals surface area contributed by atoms with Crippen LogP contribution in [0, 0.1) is 0 Å². The summed E-state index contributed by atoms with van der Waals surface area (Å²) in [4.78, 5) is 11.6. The van der Waals surface area contributed by atoms with Crippen LogP contribution < -0.4 is 11.1 Å². The molecule has 1 amide bonds. The largest absolute Gasteiger partial charge is 0.467 e. The Morgan fingerprint density at radius 1 is 1.59 bits per heavy atom. The first-order valence-corrected chi connectivity index (χ1v) is 5.80. The molecule has 0 unspecified atom stereocenters. The van der Waals surface area contributed by atoms with Gasteiger partial charge in [0.15, 0.2) is 0 Å². The van der Waals surface area contributed by atoms with Crippen molar-refractivity contribution in [3.8, 4) is 0 Å². The lowest BCUT2D eigenvalue weighted by atomic mass is 10.3. The molecular formula is C12H20N2O3. The molecule has 0 spiro atoms. The normalized spacial score (nSPS) is 10.8. The molecule has 5 heteroatoms.